The van der Waals surface area contributed by atoms with Crippen molar-refractivity contribution in [2.45, 2.75) is 13.0 Å². The van der Waals surface area contributed by atoms with Crippen molar-refractivity contribution in [3.05, 3.63) is 28.8 Å². The van der Waals surface area contributed by atoms with Crippen molar-refractivity contribution in [2.75, 3.05) is 7.11 Å². The van der Waals surface area contributed by atoms with Crippen LogP contribution in [-0.2, 0) is 22.5 Å². The largest absolute Gasteiger partial charge is 0.507 e. The number of nitrogens with two attached hydrogens (primary N) is 1. The molecule has 16 heavy (non-hydrogen) atoms. The second-order valence-electron chi connectivity index (χ2n) is 3.17. The number of nitriles is 1. The number of carbonyl (C=O) groups excluding carboxylic acids is 1. The Morgan fingerprint density at radius 1 is 1.62 bits per heavy atom. The molecule has 5 nitrogen and oxygen atoms in total. The van der Waals surface area contributed by atoms with Crippen LogP contribution in [0.5, 0.6) is 5.75 Å². The highest BCUT2D eigenvalue weighted by atomic mass is 16.5. The minimum absolute atomic E-state index is 0.105. The van der Waals surface area contributed by atoms with Gasteiger partial charge in [-0.3, -0.25) is 4.79 Å². The molecule has 0 atom stereocenters. The number of methoxy groups -OCH3 is 1. The van der Waals surface area contributed by atoms with E-state index in [0.29, 0.717) is 5.56 Å². The van der Waals surface area contributed by atoms with E-state index in [2.05, 4.69) is 4.74 Å². The monoisotopic (exact) mass is 220 g/mol. The molecular weight excluding hydrogens is 208 g/mol. The van der Waals surface area contributed by atoms with Gasteiger partial charge in [-0.1, -0.05) is 6.07 Å². The van der Waals surface area contributed by atoms with Gasteiger partial charge in [-0.15, -0.1) is 0 Å². The summed E-state index contributed by atoms with van der Waals surface area (Å²) in [6.07, 6.45) is -0.140. The summed E-state index contributed by atoms with van der Waals surface area (Å²) in [5.74, 6) is -0.618. The Morgan fingerprint density at radius 3 is 2.81 bits per heavy atom. The number of benzene rings is 1. The summed E-state index contributed by atoms with van der Waals surface area (Å²) in [6.45, 7) is 0.145. The van der Waals surface area contributed by atoms with Crippen LogP contribution in [0, 0.1) is 11.3 Å². The average Bonchev–Trinajstić information content (AvgIpc) is 2.31. The molecule has 1 aromatic carbocycles. The summed E-state index contributed by atoms with van der Waals surface area (Å²) in [5, 5.41) is 18.7. The zero-order valence-corrected chi connectivity index (χ0v) is 8.86. The van der Waals surface area contributed by atoms with Gasteiger partial charge in [0.2, 0.25) is 0 Å². The van der Waals surface area contributed by atoms with E-state index in [1.54, 1.807) is 6.07 Å². The molecule has 0 amide bonds. The Labute approximate surface area is 93.1 Å². The van der Waals surface area contributed by atoms with Crippen LogP contribution in [0.1, 0.15) is 16.7 Å². The summed E-state index contributed by atoms with van der Waals surface area (Å²) in [5.41, 5.74) is 6.42. The molecule has 0 bridgehead atoms. The number of nitrogens with zero attached hydrogens (tertiary/aromatic N) is 1. The molecule has 0 saturated heterocycles. The van der Waals surface area contributed by atoms with Crippen molar-refractivity contribution in [1.29, 1.82) is 5.26 Å². The van der Waals surface area contributed by atoms with Crippen LogP contribution < -0.4 is 5.73 Å². The summed E-state index contributed by atoms with van der Waals surface area (Å²) in [7, 11) is 1.25. The van der Waals surface area contributed by atoms with Crippen LogP contribution in [0.2, 0.25) is 0 Å². The quantitative estimate of drug-likeness (QED) is 0.720. The predicted molar refractivity (Wildman–Crippen MR) is 56.4 cm³/mol. The highest BCUT2D eigenvalue weighted by Gasteiger charge is 2.15. The van der Waals surface area contributed by atoms with Crippen molar-refractivity contribution >= 4 is 5.97 Å². The minimum Gasteiger partial charge on any atom is -0.507 e. The van der Waals surface area contributed by atoms with E-state index < -0.39 is 5.97 Å². The molecular formula is C11H12N2O3. The minimum atomic E-state index is -0.513. The number of rotatable bonds is 3. The van der Waals surface area contributed by atoms with Crippen molar-refractivity contribution in [2.24, 2.45) is 5.73 Å². The Hall–Kier alpha value is -2.06. The molecule has 0 aliphatic heterocycles. The van der Waals surface area contributed by atoms with E-state index in [4.69, 9.17) is 11.0 Å². The van der Waals surface area contributed by atoms with Crippen molar-refractivity contribution in [3.8, 4) is 11.8 Å². The normalized spacial score (nSPS) is 9.56. The molecule has 5 heteroatoms. The Balaban J connectivity index is 3.22. The van der Waals surface area contributed by atoms with Crippen LogP contribution in [-0.4, -0.2) is 18.2 Å². The second-order valence-corrected chi connectivity index (χ2v) is 3.17. The lowest BCUT2D eigenvalue weighted by atomic mass is 10.0. The fourth-order valence-electron chi connectivity index (χ4n) is 1.35. The van der Waals surface area contributed by atoms with E-state index in [1.165, 1.54) is 13.2 Å². The van der Waals surface area contributed by atoms with Gasteiger partial charge in [0.05, 0.1) is 25.2 Å². The standard InChI is InChI=1S/C11H12N2O3/c1-16-10(14)4-9-7(5-12)2-3-8(6-13)11(9)15/h2-3,15H,4,6,13H2,1H3. The molecule has 0 unspecified atom stereocenters. The maximum absolute atomic E-state index is 11.1. The van der Waals surface area contributed by atoms with Gasteiger partial charge in [0.15, 0.2) is 0 Å². The lowest BCUT2D eigenvalue weighted by Gasteiger charge is -2.09. The molecule has 0 radical (unpaired) electrons. The summed E-state index contributed by atoms with van der Waals surface area (Å²) >= 11 is 0. The molecule has 3 N–H and O–H groups in total. The number of carbonyl (C=O) groups is 1. The zero-order valence-electron chi connectivity index (χ0n) is 8.86. The molecule has 0 fully saturated rings. The SMILES string of the molecule is COC(=O)Cc1c(C#N)ccc(CN)c1O. The van der Waals surface area contributed by atoms with Crippen LogP contribution >= 0.6 is 0 Å². The second kappa shape index (κ2) is 5.14. The lowest BCUT2D eigenvalue weighted by Crippen LogP contribution is -2.08. The number of hydrogen-bond acceptors (Lipinski definition) is 5. The Morgan fingerprint density at radius 2 is 2.31 bits per heavy atom. The topological polar surface area (TPSA) is 96.3 Å². The van der Waals surface area contributed by atoms with E-state index >= 15 is 0 Å². The van der Waals surface area contributed by atoms with Crippen LogP contribution in [0.4, 0.5) is 0 Å². The van der Waals surface area contributed by atoms with E-state index in [-0.39, 0.29) is 29.8 Å². The third kappa shape index (κ3) is 2.30. The van der Waals surface area contributed by atoms with Gasteiger partial charge in [0.1, 0.15) is 5.75 Å². The lowest BCUT2D eigenvalue weighted by molar-refractivity contribution is -0.139. The van der Waals surface area contributed by atoms with Crippen LogP contribution in [0.15, 0.2) is 12.1 Å². The molecule has 0 saturated carbocycles. The smallest absolute Gasteiger partial charge is 0.310 e. The summed E-state index contributed by atoms with van der Waals surface area (Å²) < 4.78 is 4.49. The molecule has 0 aliphatic carbocycles. The Bertz CT molecular complexity index is 449. The third-order valence-corrected chi connectivity index (χ3v) is 2.26. The first-order chi connectivity index (χ1) is 7.63. The zero-order chi connectivity index (χ0) is 12.1. The molecule has 1 rings (SSSR count). The van der Waals surface area contributed by atoms with Gasteiger partial charge in [-0.2, -0.15) is 5.26 Å². The highest BCUT2D eigenvalue weighted by Crippen LogP contribution is 2.26. The molecule has 0 spiro atoms. The molecule has 1 aromatic rings. The van der Waals surface area contributed by atoms with Crippen molar-refractivity contribution in [1.82, 2.24) is 0 Å². The number of esters is 1. The number of ether oxygens (including phenoxy) is 1. The highest BCUT2D eigenvalue weighted by molar-refractivity contribution is 5.75. The number of hydrogen-bond donors (Lipinski definition) is 2. The molecule has 0 aliphatic rings. The van der Waals surface area contributed by atoms with E-state index in [9.17, 15) is 9.90 Å². The fraction of sp³-hybridized carbons (Fsp3) is 0.273. The average molecular weight is 220 g/mol. The van der Waals surface area contributed by atoms with Gasteiger partial charge < -0.3 is 15.6 Å². The van der Waals surface area contributed by atoms with Crippen molar-refractivity contribution < 1.29 is 14.6 Å². The summed E-state index contributed by atoms with van der Waals surface area (Å²) in [4.78, 5) is 11.1. The summed E-state index contributed by atoms with van der Waals surface area (Å²) in [6, 6.07) is 5.00. The van der Waals surface area contributed by atoms with Crippen molar-refractivity contribution in [3.63, 3.8) is 0 Å². The van der Waals surface area contributed by atoms with E-state index in [0.717, 1.165) is 0 Å². The maximum atomic E-state index is 11.1. The first-order valence-corrected chi connectivity index (χ1v) is 4.64. The Kier molecular flexibility index (Phi) is 3.86. The first-order valence-electron chi connectivity index (χ1n) is 4.64. The van der Waals surface area contributed by atoms with Gasteiger partial charge >= 0.3 is 5.97 Å². The maximum Gasteiger partial charge on any atom is 0.310 e. The van der Waals surface area contributed by atoms with Crippen LogP contribution in [0.25, 0.3) is 0 Å². The predicted octanol–water partition coefficient (Wildman–Crippen LogP) is 0.438. The molecule has 0 aromatic heterocycles. The van der Waals surface area contributed by atoms with E-state index in [1.807, 2.05) is 6.07 Å². The van der Waals surface area contributed by atoms with Gasteiger partial charge in [0, 0.05) is 17.7 Å². The number of phenols is 1. The molecule has 84 valence electrons. The molecule has 0 heterocycles. The van der Waals surface area contributed by atoms with Crippen LogP contribution in [0.3, 0.4) is 0 Å². The van der Waals surface area contributed by atoms with Gasteiger partial charge in [-0.25, -0.2) is 0 Å². The number of aromatic hydroxyl groups is 1. The first kappa shape index (κ1) is 12.0. The van der Waals surface area contributed by atoms with Gasteiger partial charge in [0.25, 0.3) is 0 Å². The number of phenolic OH excluding ortho intramolecular Hbond substituents is 1. The van der Waals surface area contributed by atoms with Gasteiger partial charge in [-0.05, 0) is 6.07 Å². The third-order valence-electron chi connectivity index (χ3n) is 2.26. The fourth-order valence-corrected chi connectivity index (χ4v) is 1.35.